The lowest BCUT2D eigenvalue weighted by Gasteiger charge is -2.24. The van der Waals surface area contributed by atoms with Crippen LogP contribution in [0.15, 0.2) is 72.9 Å². The van der Waals surface area contributed by atoms with Gasteiger partial charge in [-0.3, -0.25) is 4.79 Å². The number of amides is 1. The van der Waals surface area contributed by atoms with Gasteiger partial charge in [-0.15, -0.1) is 0 Å². The molecule has 0 bridgehead atoms. The van der Waals surface area contributed by atoms with Gasteiger partial charge in [0.15, 0.2) is 0 Å². The predicted molar refractivity (Wildman–Crippen MR) is 124 cm³/mol. The summed E-state index contributed by atoms with van der Waals surface area (Å²) in [6, 6.07) is 22.8. The number of benzene rings is 2. The maximum absolute atomic E-state index is 13.4. The van der Waals surface area contributed by atoms with Crippen molar-refractivity contribution in [1.82, 2.24) is 9.47 Å². The predicted octanol–water partition coefficient (Wildman–Crippen LogP) is 5.48. The first-order valence-corrected chi connectivity index (χ1v) is 11.3. The number of methoxy groups -OCH3 is 1. The van der Waals surface area contributed by atoms with Crippen molar-refractivity contribution in [3.8, 4) is 5.75 Å². The number of hydrogen-bond acceptors (Lipinski definition) is 2. The van der Waals surface area contributed by atoms with Crippen molar-refractivity contribution in [1.29, 1.82) is 0 Å². The SMILES string of the molecule is CCCCN(Cc1cccn1Cc1cccc(OC)c1)C(=O)[C@H]1C[C@@H]1c1ccccc1. The minimum absolute atomic E-state index is 0.126. The normalized spacial score (nSPS) is 17.4. The summed E-state index contributed by atoms with van der Waals surface area (Å²) >= 11 is 0. The summed E-state index contributed by atoms with van der Waals surface area (Å²) < 4.78 is 7.60. The van der Waals surface area contributed by atoms with Crippen molar-refractivity contribution < 1.29 is 9.53 Å². The minimum atomic E-state index is 0.126. The first kappa shape index (κ1) is 21.2. The van der Waals surface area contributed by atoms with E-state index in [1.165, 1.54) is 16.8 Å². The van der Waals surface area contributed by atoms with Crippen molar-refractivity contribution in [2.75, 3.05) is 13.7 Å². The van der Waals surface area contributed by atoms with Gasteiger partial charge < -0.3 is 14.2 Å². The molecule has 1 saturated carbocycles. The molecule has 1 aliphatic rings. The molecular formula is C27H32N2O2. The van der Waals surface area contributed by atoms with Crippen LogP contribution in [0.5, 0.6) is 5.75 Å². The average molecular weight is 417 g/mol. The zero-order valence-electron chi connectivity index (χ0n) is 18.5. The van der Waals surface area contributed by atoms with Crippen LogP contribution in [0.25, 0.3) is 0 Å². The number of ether oxygens (including phenoxy) is 1. The maximum atomic E-state index is 13.4. The first-order valence-electron chi connectivity index (χ1n) is 11.3. The lowest BCUT2D eigenvalue weighted by atomic mass is 10.1. The van der Waals surface area contributed by atoms with E-state index in [2.05, 4.69) is 71.1 Å². The molecule has 1 aliphatic carbocycles. The monoisotopic (exact) mass is 416 g/mol. The third-order valence-corrected chi connectivity index (χ3v) is 6.19. The molecule has 162 valence electrons. The molecule has 3 aromatic rings. The minimum Gasteiger partial charge on any atom is -0.497 e. The molecule has 4 nitrogen and oxygen atoms in total. The van der Waals surface area contributed by atoms with Crippen LogP contribution in [0.4, 0.5) is 0 Å². The van der Waals surface area contributed by atoms with Gasteiger partial charge >= 0.3 is 0 Å². The van der Waals surface area contributed by atoms with Gasteiger partial charge in [0.1, 0.15) is 5.75 Å². The molecule has 1 aromatic heterocycles. The van der Waals surface area contributed by atoms with Gasteiger partial charge in [-0.05, 0) is 54.2 Å². The van der Waals surface area contributed by atoms with E-state index in [9.17, 15) is 4.79 Å². The van der Waals surface area contributed by atoms with E-state index in [4.69, 9.17) is 4.74 Å². The van der Waals surface area contributed by atoms with Crippen LogP contribution >= 0.6 is 0 Å². The fraction of sp³-hybridized carbons (Fsp3) is 0.370. The molecule has 0 N–H and O–H groups in total. The van der Waals surface area contributed by atoms with E-state index < -0.39 is 0 Å². The molecule has 0 spiro atoms. The van der Waals surface area contributed by atoms with E-state index in [-0.39, 0.29) is 5.92 Å². The largest absolute Gasteiger partial charge is 0.497 e. The van der Waals surface area contributed by atoms with Crippen LogP contribution < -0.4 is 4.74 Å². The van der Waals surface area contributed by atoms with Crippen LogP contribution in [0, 0.1) is 5.92 Å². The molecule has 2 aromatic carbocycles. The Hall–Kier alpha value is -3.01. The highest BCUT2D eigenvalue weighted by Crippen LogP contribution is 2.48. The van der Waals surface area contributed by atoms with Crippen molar-refractivity contribution in [2.24, 2.45) is 5.92 Å². The zero-order valence-corrected chi connectivity index (χ0v) is 18.5. The summed E-state index contributed by atoms with van der Waals surface area (Å²) in [5.74, 6) is 1.67. The van der Waals surface area contributed by atoms with Crippen LogP contribution in [0.1, 0.15) is 48.9 Å². The summed E-state index contributed by atoms with van der Waals surface area (Å²) in [6.45, 7) is 4.43. The van der Waals surface area contributed by atoms with E-state index in [1.54, 1.807) is 7.11 Å². The molecule has 0 aliphatic heterocycles. The Labute approximate surface area is 185 Å². The summed E-state index contributed by atoms with van der Waals surface area (Å²) in [5.41, 5.74) is 3.65. The second kappa shape index (κ2) is 9.86. The number of rotatable bonds is 10. The van der Waals surface area contributed by atoms with Gasteiger partial charge in [0.25, 0.3) is 0 Å². The van der Waals surface area contributed by atoms with Gasteiger partial charge in [0.2, 0.25) is 5.91 Å². The Bertz CT molecular complexity index is 995. The molecule has 1 amide bonds. The highest BCUT2D eigenvalue weighted by atomic mass is 16.5. The molecule has 2 atom stereocenters. The summed E-state index contributed by atoms with van der Waals surface area (Å²) in [6.07, 6.45) is 5.18. The van der Waals surface area contributed by atoms with Crippen molar-refractivity contribution in [3.05, 3.63) is 89.7 Å². The maximum Gasteiger partial charge on any atom is 0.226 e. The van der Waals surface area contributed by atoms with Crippen molar-refractivity contribution in [2.45, 2.75) is 45.2 Å². The molecule has 1 fully saturated rings. The molecule has 0 saturated heterocycles. The molecule has 0 unspecified atom stereocenters. The Morgan fingerprint density at radius 1 is 1.10 bits per heavy atom. The van der Waals surface area contributed by atoms with Crippen LogP contribution in [-0.4, -0.2) is 29.0 Å². The van der Waals surface area contributed by atoms with E-state index in [0.717, 1.165) is 38.1 Å². The van der Waals surface area contributed by atoms with Crippen molar-refractivity contribution in [3.63, 3.8) is 0 Å². The number of hydrogen-bond donors (Lipinski definition) is 0. The molecule has 4 rings (SSSR count). The van der Waals surface area contributed by atoms with E-state index in [1.807, 2.05) is 18.2 Å². The van der Waals surface area contributed by atoms with E-state index >= 15 is 0 Å². The quantitative estimate of drug-likeness (QED) is 0.439. The lowest BCUT2D eigenvalue weighted by Crippen LogP contribution is -2.33. The summed E-state index contributed by atoms with van der Waals surface area (Å²) in [4.78, 5) is 15.5. The van der Waals surface area contributed by atoms with Crippen LogP contribution in [0.3, 0.4) is 0 Å². The summed E-state index contributed by atoms with van der Waals surface area (Å²) in [5, 5.41) is 0. The Kier molecular flexibility index (Phi) is 6.76. The average Bonchev–Trinajstić information content (AvgIpc) is 3.50. The Balaban J connectivity index is 1.46. The van der Waals surface area contributed by atoms with Gasteiger partial charge in [0.05, 0.1) is 13.7 Å². The van der Waals surface area contributed by atoms with Gasteiger partial charge in [-0.2, -0.15) is 0 Å². The molecule has 0 radical (unpaired) electrons. The molecule has 1 heterocycles. The zero-order chi connectivity index (χ0) is 21.6. The first-order chi connectivity index (χ1) is 15.2. The molecule has 4 heteroatoms. The molecule has 31 heavy (non-hydrogen) atoms. The van der Waals surface area contributed by atoms with Crippen molar-refractivity contribution >= 4 is 5.91 Å². The number of aromatic nitrogens is 1. The number of nitrogens with zero attached hydrogens (tertiary/aromatic N) is 2. The topological polar surface area (TPSA) is 34.5 Å². The third kappa shape index (κ3) is 5.19. The highest BCUT2D eigenvalue weighted by molar-refractivity contribution is 5.83. The number of carbonyl (C=O) groups is 1. The second-order valence-electron chi connectivity index (χ2n) is 8.45. The fourth-order valence-electron chi connectivity index (χ4n) is 4.30. The smallest absolute Gasteiger partial charge is 0.226 e. The lowest BCUT2D eigenvalue weighted by molar-refractivity contribution is -0.133. The fourth-order valence-corrected chi connectivity index (χ4v) is 4.30. The highest BCUT2D eigenvalue weighted by Gasteiger charge is 2.45. The number of carbonyl (C=O) groups excluding carboxylic acids is 1. The Morgan fingerprint density at radius 2 is 1.94 bits per heavy atom. The van der Waals surface area contributed by atoms with Gasteiger partial charge in [0, 0.05) is 30.9 Å². The van der Waals surface area contributed by atoms with Crippen LogP contribution in [-0.2, 0) is 17.9 Å². The third-order valence-electron chi connectivity index (χ3n) is 6.19. The van der Waals surface area contributed by atoms with E-state index in [0.29, 0.717) is 18.4 Å². The second-order valence-corrected chi connectivity index (χ2v) is 8.45. The van der Waals surface area contributed by atoms with Gasteiger partial charge in [-0.25, -0.2) is 0 Å². The summed E-state index contributed by atoms with van der Waals surface area (Å²) in [7, 11) is 1.69. The Morgan fingerprint density at radius 3 is 2.71 bits per heavy atom. The number of unbranched alkanes of at least 4 members (excludes halogenated alkanes) is 1. The standard InChI is InChI=1S/C27H32N2O2/c1-3-4-15-29(27(30)26-18-25(26)22-11-6-5-7-12-22)20-23-13-9-16-28(23)19-21-10-8-14-24(17-21)31-2/h5-14,16-17,25-26H,3-4,15,18-20H2,1-2H3/t25-,26+/m1/s1. The van der Waals surface area contributed by atoms with Crippen LogP contribution in [0.2, 0.25) is 0 Å². The molecular weight excluding hydrogens is 384 g/mol. The van der Waals surface area contributed by atoms with Gasteiger partial charge in [-0.1, -0.05) is 55.8 Å².